The molecule has 0 aromatic carbocycles. The first kappa shape index (κ1) is 20.2. The van der Waals surface area contributed by atoms with Crippen LogP contribution in [0.4, 0.5) is 8.78 Å². The number of hydrogen-bond acceptors (Lipinski definition) is 7. The van der Waals surface area contributed by atoms with E-state index in [1.54, 1.807) is 0 Å². The average molecular weight is 413 g/mol. The van der Waals surface area contributed by atoms with Gasteiger partial charge in [-0.1, -0.05) is 0 Å². The van der Waals surface area contributed by atoms with Crippen molar-refractivity contribution in [3.63, 3.8) is 0 Å². The van der Waals surface area contributed by atoms with Crippen molar-refractivity contribution in [3.05, 3.63) is 37.9 Å². The number of rotatable bonds is 5. The van der Waals surface area contributed by atoms with E-state index in [9.17, 15) is 19.1 Å². The van der Waals surface area contributed by atoms with Gasteiger partial charge >= 0.3 is 5.69 Å². The van der Waals surface area contributed by atoms with Crippen molar-refractivity contribution in [3.8, 4) is 0 Å². The number of aromatic amines is 1. The highest BCUT2D eigenvalue weighted by Crippen LogP contribution is 2.44. The summed E-state index contributed by atoms with van der Waals surface area (Å²) in [6, 6.07) is -2.01. The van der Waals surface area contributed by atoms with Crippen molar-refractivity contribution in [2.24, 2.45) is 17.4 Å². The van der Waals surface area contributed by atoms with E-state index in [-0.39, 0.29) is 36.1 Å². The van der Waals surface area contributed by atoms with Crippen LogP contribution in [0.2, 0.25) is 0 Å². The van der Waals surface area contributed by atoms with E-state index in [1.165, 1.54) is 16.6 Å². The van der Waals surface area contributed by atoms with Gasteiger partial charge < -0.3 is 21.3 Å². The molecule has 2 heterocycles. The molecule has 1 aromatic heterocycles. The lowest BCUT2D eigenvalue weighted by atomic mass is 9.91. The third kappa shape index (κ3) is 3.12. The van der Waals surface area contributed by atoms with Gasteiger partial charge in [-0.05, 0) is 12.8 Å². The number of likely N-dealkylation sites (tertiary alicyclic amines) is 1. The summed E-state index contributed by atoms with van der Waals surface area (Å²) in [7, 11) is 1.35. The van der Waals surface area contributed by atoms with Crippen LogP contribution in [-0.4, -0.2) is 64.6 Å². The van der Waals surface area contributed by atoms with Crippen LogP contribution in [0.5, 0.6) is 0 Å². The number of alkyl halides is 1. The summed E-state index contributed by atoms with van der Waals surface area (Å²) in [4.78, 5) is 28.6. The van der Waals surface area contributed by atoms with Crippen LogP contribution in [0.25, 0.3) is 5.70 Å². The number of fused-ring (bicyclic) bond motifs is 1. The lowest BCUT2D eigenvalue weighted by Gasteiger charge is -2.38. The molecular weight excluding hydrogens is 388 g/mol. The Kier molecular flexibility index (Phi) is 5.09. The minimum atomic E-state index is -1.37. The van der Waals surface area contributed by atoms with Crippen molar-refractivity contribution in [2.45, 2.75) is 43.2 Å². The normalized spacial score (nSPS) is 31.2. The first-order chi connectivity index (χ1) is 13.8. The fraction of sp³-hybridized carbons (Fsp3) is 0.667. The van der Waals surface area contributed by atoms with Crippen LogP contribution >= 0.6 is 0 Å². The summed E-state index contributed by atoms with van der Waals surface area (Å²) >= 11 is 0. The molecule has 1 aliphatic heterocycles. The van der Waals surface area contributed by atoms with Gasteiger partial charge in [0.25, 0.3) is 5.56 Å². The van der Waals surface area contributed by atoms with Gasteiger partial charge in [-0.2, -0.15) is 0 Å². The molecule has 29 heavy (non-hydrogen) atoms. The molecule has 11 heteroatoms. The van der Waals surface area contributed by atoms with E-state index in [1.807, 2.05) is 0 Å². The monoisotopic (exact) mass is 413 g/mol. The third-order valence-corrected chi connectivity index (χ3v) is 6.16. The van der Waals surface area contributed by atoms with Gasteiger partial charge in [-0.3, -0.25) is 19.2 Å². The maximum Gasteiger partial charge on any atom is 0.328 e. The number of H-pyrrole nitrogens is 1. The number of nitrogens with one attached hydrogen (secondary N) is 1. The van der Waals surface area contributed by atoms with Crippen molar-refractivity contribution in [2.75, 3.05) is 26.8 Å². The number of ether oxygens (including phenoxy) is 1. The Balaban J connectivity index is 1.83. The van der Waals surface area contributed by atoms with E-state index in [0.717, 1.165) is 12.8 Å². The standard InChI is InChI=1S/C18H25F2N5O4/c1-29-16-14-11(17(27)23-18(28)25(14)7-2-3-7)13(22)12(20)15(16)24-4-8(9(19)5-24)10(21)6-26/h7-10,15-16,26H,2-6,21-22H2,1H3,(H,23,27,28). The topological polar surface area (TPSA) is 140 Å². The van der Waals surface area contributed by atoms with Gasteiger partial charge in [0.15, 0.2) is 0 Å². The molecule has 160 valence electrons. The summed E-state index contributed by atoms with van der Waals surface area (Å²) in [5, 5.41) is 9.28. The van der Waals surface area contributed by atoms with Crippen LogP contribution in [0, 0.1) is 5.92 Å². The summed E-state index contributed by atoms with van der Waals surface area (Å²) in [6.07, 6.45) is -0.899. The molecule has 3 aliphatic rings. The molecule has 0 amide bonds. The zero-order valence-corrected chi connectivity index (χ0v) is 16.0. The van der Waals surface area contributed by atoms with Crippen LogP contribution in [0.15, 0.2) is 15.4 Å². The molecule has 0 bridgehead atoms. The molecule has 0 radical (unpaired) electrons. The molecule has 1 saturated carbocycles. The van der Waals surface area contributed by atoms with Gasteiger partial charge in [0.1, 0.15) is 18.1 Å². The number of nitrogens with zero attached hydrogens (tertiary/aromatic N) is 2. The SMILES string of the molecule is COC1c2c(c(=O)[nH]c(=O)n2C2CC2)C(N)=C(F)C1N1CC(F)C(C(N)CO)C1. The zero-order valence-electron chi connectivity index (χ0n) is 16.0. The lowest BCUT2D eigenvalue weighted by Crippen LogP contribution is -2.48. The molecular formula is C18H25F2N5O4. The fourth-order valence-electron chi connectivity index (χ4n) is 4.54. The Labute approximate surface area is 164 Å². The molecule has 0 spiro atoms. The van der Waals surface area contributed by atoms with Crippen molar-refractivity contribution >= 4 is 5.70 Å². The maximum absolute atomic E-state index is 15.4. The van der Waals surface area contributed by atoms with Crippen LogP contribution in [0.3, 0.4) is 0 Å². The number of methoxy groups -OCH3 is 1. The van der Waals surface area contributed by atoms with E-state index < -0.39 is 54.0 Å². The molecule has 6 N–H and O–H groups in total. The van der Waals surface area contributed by atoms with Crippen LogP contribution in [-0.2, 0) is 4.74 Å². The molecule has 1 aromatic rings. The first-order valence-corrected chi connectivity index (χ1v) is 9.61. The quantitative estimate of drug-likeness (QED) is 0.492. The average Bonchev–Trinajstić information content (AvgIpc) is 3.44. The number of aromatic nitrogens is 2. The molecule has 2 fully saturated rings. The Bertz CT molecular complexity index is 957. The highest BCUT2D eigenvalue weighted by molar-refractivity contribution is 5.70. The van der Waals surface area contributed by atoms with Crippen molar-refractivity contribution in [1.29, 1.82) is 0 Å². The second kappa shape index (κ2) is 7.31. The highest BCUT2D eigenvalue weighted by atomic mass is 19.1. The zero-order chi connectivity index (χ0) is 21.0. The molecule has 2 aliphatic carbocycles. The Morgan fingerprint density at radius 2 is 2.03 bits per heavy atom. The molecule has 9 nitrogen and oxygen atoms in total. The Morgan fingerprint density at radius 3 is 2.62 bits per heavy atom. The minimum absolute atomic E-state index is 0.0836. The predicted molar refractivity (Wildman–Crippen MR) is 100 cm³/mol. The molecule has 5 unspecified atom stereocenters. The van der Waals surface area contributed by atoms with E-state index >= 15 is 4.39 Å². The smallest absolute Gasteiger partial charge is 0.328 e. The minimum Gasteiger partial charge on any atom is -0.396 e. The van der Waals surface area contributed by atoms with Crippen LogP contribution in [0.1, 0.15) is 36.2 Å². The van der Waals surface area contributed by atoms with E-state index in [4.69, 9.17) is 16.2 Å². The highest BCUT2D eigenvalue weighted by Gasteiger charge is 2.48. The Hall–Kier alpha value is -2.08. The number of aliphatic hydroxyl groups excluding tert-OH is 1. The summed E-state index contributed by atoms with van der Waals surface area (Å²) in [5.41, 5.74) is 10.2. The molecule has 1 saturated heterocycles. The number of nitrogens with two attached hydrogens (primary N) is 2. The third-order valence-electron chi connectivity index (χ3n) is 6.16. The largest absolute Gasteiger partial charge is 0.396 e. The summed E-state index contributed by atoms with van der Waals surface area (Å²) in [5.74, 6) is -1.49. The van der Waals surface area contributed by atoms with Gasteiger partial charge in [0, 0.05) is 38.2 Å². The number of hydrogen-bond donors (Lipinski definition) is 4. The second-order valence-electron chi connectivity index (χ2n) is 7.96. The molecule has 4 rings (SSSR count). The van der Waals surface area contributed by atoms with Crippen molar-refractivity contribution < 1.29 is 18.6 Å². The Morgan fingerprint density at radius 1 is 1.34 bits per heavy atom. The summed E-state index contributed by atoms with van der Waals surface area (Å²) in [6.45, 7) is -0.437. The van der Waals surface area contributed by atoms with Gasteiger partial charge in [0.05, 0.1) is 29.6 Å². The maximum atomic E-state index is 15.4. The first-order valence-electron chi connectivity index (χ1n) is 9.61. The number of aliphatic hydroxyl groups is 1. The summed E-state index contributed by atoms with van der Waals surface area (Å²) < 4.78 is 36.9. The van der Waals surface area contributed by atoms with Gasteiger partial charge in [-0.25, -0.2) is 13.6 Å². The van der Waals surface area contributed by atoms with Gasteiger partial charge in [0.2, 0.25) is 0 Å². The lowest BCUT2D eigenvalue weighted by molar-refractivity contribution is 0.0166. The van der Waals surface area contributed by atoms with E-state index in [2.05, 4.69) is 4.98 Å². The van der Waals surface area contributed by atoms with Crippen LogP contribution < -0.4 is 22.7 Å². The number of halogens is 2. The van der Waals surface area contributed by atoms with Crippen molar-refractivity contribution in [1.82, 2.24) is 14.5 Å². The van der Waals surface area contributed by atoms with Gasteiger partial charge in [-0.15, -0.1) is 0 Å². The van der Waals surface area contributed by atoms with E-state index in [0.29, 0.717) is 0 Å². The predicted octanol–water partition coefficient (Wildman–Crippen LogP) is -0.872. The fourth-order valence-corrected chi connectivity index (χ4v) is 4.54. The molecule has 5 atom stereocenters. The second-order valence-corrected chi connectivity index (χ2v) is 7.96.